The third-order valence-electron chi connectivity index (χ3n) is 3.25. The molecule has 0 radical (unpaired) electrons. The fraction of sp³-hybridized carbons (Fsp3) is 0.818. The van der Waals surface area contributed by atoms with Crippen LogP contribution >= 0.6 is 0 Å². The minimum Gasteiger partial charge on any atom is -0.324 e. The largest absolute Gasteiger partial charge is 0.324 e. The van der Waals surface area contributed by atoms with E-state index in [1.165, 1.54) is 12.8 Å². The predicted molar refractivity (Wildman–Crippen MR) is 54.1 cm³/mol. The highest BCUT2D eigenvalue weighted by Gasteiger charge is 2.39. The van der Waals surface area contributed by atoms with Gasteiger partial charge in [0.2, 0.25) is 0 Å². The molecule has 0 spiro atoms. The molecule has 2 fully saturated rings. The highest BCUT2D eigenvalue weighted by atomic mass is 15.2. The molecule has 1 aliphatic carbocycles. The van der Waals surface area contributed by atoms with Gasteiger partial charge in [-0.3, -0.25) is 0 Å². The molecule has 0 bridgehead atoms. The molecule has 0 aromatic rings. The monoisotopic (exact) mass is 178 g/mol. The molecular formula is C11H18N2. The van der Waals surface area contributed by atoms with Crippen molar-refractivity contribution in [2.75, 3.05) is 19.6 Å². The third-order valence-corrected chi connectivity index (χ3v) is 3.25. The molecule has 0 aromatic carbocycles. The number of terminal acetylenes is 1. The number of piperidine rings is 1. The van der Waals surface area contributed by atoms with Gasteiger partial charge in [0.25, 0.3) is 0 Å². The Morgan fingerprint density at radius 2 is 2.00 bits per heavy atom. The predicted octanol–water partition coefficient (Wildman–Crippen LogP) is 0.823. The van der Waals surface area contributed by atoms with Gasteiger partial charge in [0.05, 0.1) is 0 Å². The summed E-state index contributed by atoms with van der Waals surface area (Å²) in [5, 5.41) is 0. The zero-order valence-electron chi connectivity index (χ0n) is 8.13. The molecule has 1 saturated carbocycles. The van der Waals surface area contributed by atoms with E-state index < -0.39 is 0 Å². The number of nitrogens with two attached hydrogens (primary N) is 1. The molecule has 2 nitrogen and oxygen atoms in total. The van der Waals surface area contributed by atoms with E-state index in [2.05, 4.69) is 10.8 Å². The molecule has 2 heteroatoms. The van der Waals surface area contributed by atoms with Crippen LogP contribution in [0.1, 0.15) is 25.7 Å². The van der Waals surface area contributed by atoms with Crippen LogP contribution in [-0.4, -0.2) is 30.1 Å². The van der Waals surface area contributed by atoms with Crippen LogP contribution in [0.3, 0.4) is 0 Å². The smallest absolute Gasteiger partial charge is 0.0284 e. The van der Waals surface area contributed by atoms with Crippen LogP contribution in [0.4, 0.5) is 0 Å². The van der Waals surface area contributed by atoms with Gasteiger partial charge in [0.1, 0.15) is 0 Å². The van der Waals surface area contributed by atoms with E-state index in [0.717, 1.165) is 32.5 Å². The lowest BCUT2D eigenvalue weighted by atomic mass is 9.97. The third kappa shape index (κ3) is 2.24. The number of hydrogen-bond acceptors (Lipinski definition) is 2. The van der Waals surface area contributed by atoms with Gasteiger partial charge in [-0.2, -0.15) is 0 Å². The van der Waals surface area contributed by atoms with Crippen LogP contribution in [-0.2, 0) is 0 Å². The topological polar surface area (TPSA) is 29.3 Å². The molecular weight excluding hydrogens is 160 g/mol. The highest BCUT2D eigenvalue weighted by Crippen LogP contribution is 2.33. The molecule has 2 N–H and O–H groups in total. The quantitative estimate of drug-likeness (QED) is 0.634. The maximum atomic E-state index is 6.06. The molecule has 0 atom stereocenters. The summed E-state index contributed by atoms with van der Waals surface area (Å²) >= 11 is 0. The summed E-state index contributed by atoms with van der Waals surface area (Å²) in [4.78, 5) is 2.47. The van der Waals surface area contributed by atoms with Crippen molar-refractivity contribution >= 4 is 0 Å². The number of nitrogens with zero attached hydrogens (tertiary/aromatic N) is 1. The van der Waals surface area contributed by atoms with Crippen molar-refractivity contribution in [2.45, 2.75) is 31.2 Å². The van der Waals surface area contributed by atoms with Crippen LogP contribution in [0, 0.1) is 18.3 Å². The summed E-state index contributed by atoms with van der Waals surface area (Å²) in [6.07, 6.45) is 10.1. The second kappa shape index (κ2) is 3.32. The highest BCUT2D eigenvalue weighted by molar-refractivity contribution is 5.02. The van der Waals surface area contributed by atoms with Crippen molar-refractivity contribution in [2.24, 2.45) is 11.7 Å². The Morgan fingerprint density at radius 3 is 2.46 bits per heavy atom. The van der Waals surface area contributed by atoms with E-state index >= 15 is 0 Å². The summed E-state index contributed by atoms with van der Waals surface area (Å²) in [7, 11) is 0. The first kappa shape index (κ1) is 9.05. The van der Waals surface area contributed by atoms with Gasteiger partial charge in [-0.05, 0) is 38.8 Å². The van der Waals surface area contributed by atoms with Crippen LogP contribution < -0.4 is 5.73 Å². The first-order chi connectivity index (χ1) is 6.22. The number of likely N-dealkylation sites (tertiary alicyclic amines) is 1. The fourth-order valence-electron chi connectivity index (χ4n) is 2.02. The first-order valence-electron chi connectivity index (χ1n) is 5.19. The van der Waals surface area contributed by atoms with Gasteiger partial charge in [-0.25, -0.2) is 0 Å². The molecule has 1 aliphatic heterocycles. The summed E-state index contributed by atoms with van der Waals surface area (Å²) in [6.45, 7) is 3.38. The average molecular weight is 178 g/mol. The standard InChI is InChI=1S/C11H18N2/c1-2-10-3-7-13(8-4-10)9-11(12)5-6-11/h1,10H,3-9,12H2. The van der Waals surface area contributed by atoms with Gasteiger partial charge in [0, 0.05) is 18.0 Å². The molecule has 2 rings (SSSR count). The van der Waals surface area contributed by atoms with Crippen molar-refractivity contribution < 1.29 is 0 Å². The van der Waals surface area contributed by atoms with E-state index in [1.807, 2.05) is 0 Å². The Labute approximate surface area is 80.5 Å². The van der Waals surface area contributed by atoms with Crippen LogP contribution in [0.25, 0.3) is 0 Å². The lowest BCUT2D eigenvalue weighted by molar-refractivity contribution is 0.191. The molecule has 2 aliphatic rings. The number of rotatable bonds is 2. The maximum absolute atomic E-state index is 6.06. The van der Waals surface area contributed by atoms with E-state index in [4.69, 9.17) is 12.2 Å². The molecule has 72 valence electrons. The zero-order chi connectivity index (χ0) is 9.31. The van der Waals surface area contributed by atoms with Crippen molar-refractivity contribution in [3.63, 3.8) is 0 Å². The summed E-state index contributed by atoms with van der Waals surface area (Å²) in [5.41, 5.74) is 6.23. The van der Waals surface area contributed by atoms with Crippen LogP contribution in [0.5, 0.6) is 0 Å². The van der Waals surface area contributed by atoms with Gasteiger partial charge in [-0.15, -0.1) is 12.3 Å². The maximum Gasteiger partial charge on any atom is 0.0284 e. The van der Waals surface area contributed by atoms with Gasteiger partial charge in [0.15, 0.2) is 0 Å². The van der Waals surface area contributed by atoms with E-state index in [1.54, 1.807) is 0 Å². The Balaban J connectivity index is 1.75. The Hall–Kier alpha value is -0.520. The minimum absolute atomic E-state index is 0.170. The Kier molecular flexibility index (Phi) is 2.31. The Morgan fingerprint density at radius 1 is 1.38 bits per heavy atom. The summed E-state index contributed by atoms with van der Waals surface area (Å²) in [5.74, 6) is 3.36. The second-order valence-corrected chi connectivity index (χ2v) is 4.58. The lowest BCUT2D eigenvalue weighted by Crippen LogP contribution is -2.43. The fourth-order valence-corrected chi connectivity index (χ4v) is 2.02. The Bertz CT molecular complexity index is 217. The minimum atomic E-state index is 0.170. The molecule has 0 aromatic heterocycles. The van der Waals surface area contributed by atoms with E-state index in [9.17, 15) is 0 Å². The average Bonchev–Trinajstić information content (AvgIpc) is 2.85. The SMILES string of the molecule is C#CC1CCN(CC2(N)CC2)CC1. The van der Waals surface area contributed by atoms with Gasteiger partial charge >= 0.3 is 0 Å². The van der Waals surface area contributed by atoms with Crippen molar-refractivity contribution in [3.05, 3.63) is 0 Å². The van der Waals surface area contributed by atoms with Crippen molar-refractivity contribution in [3.8, 4) is 12.3 Å². The van der Waals surface area contributed by atoms with Crippen molar-refractivity contribution in [1.29, 1.82) is 0 Å². The molecule has 13 heavy (non-hydrogen) atoms. The summed E-state index contributed by atoms with van der Waals surface area (Å²) in [6, 6.07) is 0. The van der Waals surface area contributed by atoms with E-state index in [0.29, 0.717) is 5.92 Å². The molecule has 0 amide bonds. The molecule has 1 saturated heterocycles. The second-order valence-electron chi connectivity index (χ2n) is 4.58. The summed E-state index contributed by atoms with van der Waals surface area (Å²) < 4.78 is 0. The van der Waals surface area contributed by atoms with Gasteiger partial charge in [-0.1, -0.05) is 0 Å². The first-order valence-corrected chi connectivity index (χ1v) is 5.19. The van der Waals surface area contributed by atoms with E-state index in [-0.39, 0.29) is 5.54 Å². The van der Waals surface area contributed by atoms with Crippen LogP contribution in [0.15, 0.2) is 0 Å². The van der Waals surface area contributed by atoms with Gasteiger partial charge < -0.3 is 10.6 Å². The lowest BCUT2D eigenvalue weighted by Gasteiger charge is -2.31. The molecule has 0 unspecified atom stereocenters. The van der Waals surface area contributed by atoms with Crippen LogP contribution in [0.2, 0.25) is 0 Å². The number of hydrogen-bond donors (Lipinski definition) is 1. The zero-order valence-corrected chi connectivity index (χ0v) is 8.13. The van der Waals surface area contributed by atoms with Crippen molar-refractivity contribution in [1.82, 2.24) is 4.90 Å². The normalized spacial score (nSPS) is 28.3. The molecule has 1 heterocycles.